The van der Waals surface area contributed by atoms with E-state index in [1.165, 1.54) is 0 Å². The summed E-state index contributed by atoms with van der Waals surface area (Å²) in [5.74, 6) is 0.171. The molecule has 1 aromatic carbocycles. The average molecular weight is 374 g/mol. The Morgan fingerprint density at radius 1 is 1.29 bits per heavy atom. The van der Waals surface area contributed by atoms with E-state index >= 15 is 0 Å². The van der Waals surface area contributed by atoms with E-state index < -0.39 is 0 Å². The van der Waals surface area contributed by atoms with Crippen molar-refractivity contribution in [3.05, 3.63) is 33.3 Å². The van der Waals surface area contributed by atoms with Gasteiger partial charge in [-0.25, -0.2) is 0 Å². The third kappa shape index (κ3) is 3.34. The summed E-state index contributed by atoms with van der Waals surface area (Å²) in [6, 6.07) is 5.37. The summed E-state index contributed by atoms with van der Waals surface area (Å²) in [5, 5.41) is 0.592. The van der Waals surface area contributed by atoms with Gasteiger partial charge in [0.25, 0.3) is 0 Å². The molecular weight excluding hydrogens is 356 g/mol. The number of halogens is 2. The van der Waals surface area contributed by atoms with E-state index in [2.05, 4.69) is 15.9 Å². The largest absolute Gasteiger partial charge is 0.381 e. The first kappa shape index (κ1) is 15.5. The van der Waals surface area contributed by atoms with Gasteiger partial charge in [-0.05, 0) is 43.9 Å². The van der Waals surface area contributed by atoms with Gasteiger partial charge < -0.3 is 9.47 Å². The van der Waals surface area contributed by atoms with E-state index in [0.29, 0.717) is 17.2 Å². The quantitative estimate of drug-likeness (QED) is 0.727. The highest BCUT2D eigenvalue weighted by Gasteiger charge is 2.41. The number of rotatable bonds is 2. The predicted molar refractivity (Wildman–Crippen MR) is 84.9 cm³/mol. The Kier molecular flexibility index (Phi) is 4.69. The molecule has 2 aliphatic heterocycles. The summed E-state index contributed by atoms with van der Waals surface area (Å²) in [5.41, 5.74) is 0.513. The first-order chi connectivity index (χ1) is 10.1. The highest BCUT2D eigenvalue weighted by Crippen LogP contribution is 2.39. The van der Waals surface area contributed by atoms with Gasteiger partial charge >= 0.3 is 0 Å². The molecule has 2 saturated heterocycles. The fraction of sp³-hybridized carbons (Fsp3) is 0.562. The lowest BCUT2D eigenvalue weighted by Crippen LogP contribution is -2.45. The maximum Gasteiger partial charge on any atom is 0.167 e. The molecule has 2 heterocycles. The van der Waals surface area contributed by atoms with Gasteiger partial charge in [-0.1, -0.05) is 27.5 Å². The Labute approximate surface area is 138 Å². The molecule has 0 saturated carbocycles. The molecule has 0 bridgehead atoms. The topological polar surface area (TPSA) is 35.5 Å². The lowest BCUT2D eigenvalue weighted by molar-refractivity contribution is -0.142. The zero-order chi connectivity index (χ0) is 14.9. The van der Waals surface area contributed by atoms with Crippen LogP contribution in [0.3, 0.4) is 0 Å². The van der Waals surface area contributed by atoms with Crippen molar-refractivity contribution in [2.75, 3.05) is 19.8 Å². The number of benzene rings is 1. The van der Waals surface area contributed by atoms with Crippen LogP contribution in [0.4, 0.5) is 0 Å². The minimum atomic E-state index is -0.165. The van der Waals surface area contributed by atoms with Gasteiger partial charge in [0.05, 0.1) is 5.60 Å². The fourth-order valence-electron chi connectivity index (χ4n) is 3.25. The Bertz CT molecular complexity index is 535. The predicted octanol–water partition coefficient (Wildman–Crippen LogP) is 4.26. The molecular formula is C16H18BrClO3. The maximum atomic E-state index is 12.8. The van der Waals surface area contributed by atoms with E-state index in [4.69, 9.17) is 21.1 Å². The number of carbonyl (C=O) groups is 1. The lowest BCUT2D eigenvalue weighted by atomic mass is 9.78. The summed E-state index contributed by atoms with van der Waals surface area (Å²) < 4.78 is 12.2. The molecule has 2 aliphatic rings. The Morgan fingerprint density at radius 3 is 2.81 bits per heavy atom. The molecule has 3 nitrogen and oxygen atoms in total. The van der Waals surface area contributed by atoms with Crippen LogP contribution < -0.4 is 0 Å². The molecule has 0 amide bonds. The van der Waals surface area contributed by atoms with E-state index in [9.17, 15) is 4.79 Å². The number of carbonyl (C=O) groups excluding carboxylic acids is 1. The monoisotopic (exact) mass is 372 g/mol. The van der Waals surface area contributed by atoms with Gasteiger partial charge in [-0.15, -0.1) is 0 Å². The van der Waals surface area contributed by atoms with Crippen LogP contribution in [0.25, 0.3) is 0 Å². The Balaban J connectivity index is 1.79. The molecule has 114 valence electrons. The third-order valence-corrected chi connectivity index (χ3v) is 5.39. The summed E-state index contributed by atoms with van der Waals surface area (Å²) in [7, 11) is 0. The number of hydrogen-bond donors (Lipinski definition) is 0. The van der Waals surface area contributed by atoms with E-state index in [1.54, 1.807) is 12.1 Å². The smallest absolute Gasteiger partial charge is 0.167 e. The molecule has 1 spiro atoms. The van der Waals surface area contributed by atoms with Crippen molar-refractivity contribution in [2.24, 2.45) is 5.92 Å². The second kappa shape index (κ2) is 6.37. The summed E-state index contributed by atoms with van der Waals surface area (Å²) in [4.78, 5) is 12.8. The highest BCUT2D eigenvalue weighted by molar-refractivity contribution is 9.10. The standard InChI is InChI=1S/C16H18BrClO3/c17-14-2-1-12(18)9-13(14)15(19)11-3-6-21-16(10-11)4-7-20-8-5-16/h1-2,9,11H,3-8,10H2. The average Bonchev–Trinajstić information content (AvgIpc) is 2.50. The van der Waals surface area contributed by atoms with Gasteiger partial charge in [0.1, 0.15) is 0 Å². The fourth-order valence-corrected chi connectivity index (χ4v) is 3.86. The molecule has 5 heteroatoms. The van der Waals surface area contributed by atoms with Crippen molar-refractivity contribution in [2.45, 2.75) is 31.3 Å². The van der Waals surface area contributed by atoms with Crippen LogP contribution in [0.15, 0.2) is 22.7 Å². The number of Topliss-reactive ketones (excluding diaryl/α,β-unsaturated/α-hetero) is 1. The van der Waals surface area contributed by atoms with Crippen molar-refractivity contribution in [3.8, 4) is 0 Å². The number of ether oxygens (including phenoxy) is 2. The molecule has 0 aliphatic carbocycles. The molecule has 2 fully saturated rings. The minimum Gasteiger partial charge on any atom is -0.381 e. The molecule has 0 radical (unpaired) electrons. The van der Waals surface area contributed by atoms with Crippen LogP contribution in [0.5, 0.6) is 0 Å². The van der Waals surface area contributed by atoms with Crippen LogP contribution >= 0.6 is 27.5 Å². The van der Waals surface area contributed by atoms with Gasteiger partial charge in [0, 0.05) is 40.8 Å². The van der Waals surface area contributed by atoms with Crippen LogP contribution in [0.2, 0.25) is 5.02 Å². The maximum absolute atomic E-state index is 12.8. The summed E-state index contributed by atoms with van der Waals surface area (Å²) >= 11 is 9.48. The Morgan fingerprint density at radius 2 is 2.05 bits per heavy atom. The lowest BCUT2D eigenvalue weighted by Gasteiger charge is -2.43. The zero-order valence-electron chi connectivity index (χ0n) is 11.7. The van der Waals surface area contributed by atoms with Crippen molar-refractivity contribution in [1.29, 1.82) is 0 Å². The van der Waals surface area contributed by atoms with E-state index in [-0.39, 0.29) is 17.3 Å². The number of ketones is 1. The second-order valence-electron chi connectivity index (χ2n) is 5.82. The van der Waals surface area contributed by atoms with Crippen LogP contribution in [0, 0.1) is 5.92 Å². The first-order valence-corrected chi connectivity index (χ1v) is 8.48. The van der Waals surface area contributed by atoms with E-state index in [0.717, 1.165) is 43.4 Å². The van der Waals surface area contributed by atoms with Crippen LogP contribution in [-0.4, -0.2) is 31.2 Å². The molecule has 1 atom stereocenters. The molecule has 0 N–H and O–H groups in total. The second-order valence-corrected chi connectivity index (χ2v) is 7.11. The molecule has 21 heavy (non-hydrogen) atoms. The first-order valence-electron chi connectivity index (χ1n) is 7.31. The van der Waals surface area contributed by atoms with Gasteiger partial charge in [-0.2, -0.15) is 0 Å². The Hall–Kier alpha value is -0.420. The summed E-state index contributed by atoms with van der Waals surface area (Å²) in [6.45, 7) is 2.10. The molecule has 1 aromatic rings. The number of hydrogen-bond acceptors (Lipinski definition) is 3. The summed E-state index contributed by atoms with van der Waals surface area (Å²) in [6.07, 6.45) is 3.33. The zero-order valence-corrected chi connectivity index (χ0v) is 14.1. The SMILES string of the molecule is O=C(c1cc(Cl)ccc1Br)C1CCOC2(CCOCC2)C1. The van der Waals surface area contributed by atoms with Crippen LogP contribution in [-0.2, 0) is 9.47 Å². The molecule has 1 unspecified atom stereocenters. The van der Waals surface area contributed by atoms with Crippen LogP contribution in [0.1, 0.15) is 36.0 Å². The van der Waals surface area contributed by atoms with Gasteiger partial charge in [0.2, 0.25) is 0 Å². The third-order valence-electron chi connectivity index (χ3n) is 4.46. The molecule has 0 aromatic heterocycles. The van der Waals surface area contributed by atoms with E-state index in [1.807, 2.05) is 6.07 Å². The normalized spacial score (nSPS) is 25.0. The van der Waals surface area contributed by atoms with Crippen molar-refractivity contribution in [1.82, 2.24) is 0 Å². The van der Waals surface area contributed by atoms with Gasteiger partial charge in [-0.3, -0.25) is 4.79 Å². The van der Waals surface area contributed by atoms with Gasteiger partial charge in [0.15, 0.2) is 5.78 Å². The highest BCUT2D eigenvalue weighted by atomic mass is 79.9. The molecule has 3 rings (SSSR count). The van der Waals surface area contributed by atoms with Crippen molar-refractivity contribution < 1.29 is 14.3 Å². The minimum absolute atomic E-state index is 0.00613. The van der Waals surface area contributed by atoms with Crippen molar-refractivity contribution in [3.63, 3.8) is 0 Å². The van der Waals surface area contributed by atoms with Crippen molar-refractivity contribution >= 4 is 33.3 Å².